The summed E-state index contributed by atoms with van der Waals surface area (Å²) in [6.07, 6.45) is 2.70. The Kier molecular flexibility index (Phi) is 4.49. The van der Waals surface area contributed by atoms with Crippen LogP contribution in [0.1, 0.15) is 44.6 Å². The van der Waals surface area contributed by atoms with Crippen LogP contribution in [0.15, 0.2) is 18.3 Å². The highest BCUT2D eigenvalue weighted by Gasteiger charge is 2.16. The van der Waals surface area contributed by atoms with E-state index in [-0.39, 0.29) is 11.4 Å². The lowest BCUT2D eigenvalue weighted by Gasteiger charge is -2.20. The molecule has 2 N–H and O–H groups in total. The first-order chi connectivity index (χ1) is 7.92. The summed E-state index contributed by atoms with van der Waals surface area (Å²) in [7, 11) is 0. The number of carbonyl (C=O) groups excluding carboxylic acids is 1. The van der Waals surface area contributed by atoms with Gasteiger partial charge < -0.3 is 10.6 Å². The second-order valence-electron chi connectivity index (χ2n) is 5.06. The van der Waals surface area contributed by atoms with Gasteiger partial charge in [-0.05, 0) is 39.3 Å². The minimum Gasteiger partial charge on any atom is -0.385 e. The van der Waals surface area contributed by atoms with Gasteiger partial charge in [0.2, 0.25) is 0 Å². The highest BCUT2D eigenvalue weighted by molar-refractivity contribution is 5.93. The third kappa shape index (κ3) is 4.85. The van der Waals surface area contributed by atoms with E-state index in [9.17, 15) is 4.79 Å². The van der Waals surface area contributed by atoms with Crippen LogP contribution in [-0.2, 0) is 0 Å². The van der Waals surface area contributed by atoms with Crippen molar-refractivity contribution in [2.45, 2.75) is 39.7 Å². The molecule has 0 radical (unpaired) electrons. The first kappa shape index (κ1) is 13.5. The second-order valence-corrected chi connectivity index (χ2v) is 5.06. The molecule has 17 heavy (non-hydrogen) atoms. The Morgan fingerprint density at radius 2 is 2.12 bits per heavy atom. The van der Waals surface area contributed by atoms with Crippen molar-refractivity contribution >= 4 is 11.6 Å². The number of carbonyl (C=O) groups is 1. The van der Waals surface area contributed by atoms with Gasteiger partial charge in [-0.2, -0.15) is 0 Å². The number of rotatable bonds is 4. The van der Waals surface area contributed by atoms with E-state index in [1.54, 1.807) is 12.3 Å². The van der Waals surface area contributed by atoms with E-state index >= 15 is 0 Å². The summed E-state index contributed by atoms with van der Waals surface area (Å²) in [4.78, 5) is 16.0. The van der Waals surface area contributed by atoms with Crippen LogP contribution in [0.5, 0.6) is 0 Å². The molecule has 0 aliphatic rings. The molecule has 0 atom stereocenters. The number of amides is 1. The van der Waals surface area contributed by atoms with Crippen molar-refractivity contribution in [1.29, 1.82) is 0 Å². The lowest BCUT2D eigenvalue weighted by atomic mass is 10.1. The molecule has 0 saturated carbocycles. The number of anilines is 1. The Hall–Kier alpha value is -1.58. The summed E-state index contributed by atoms with van der Waals surface area (Å²) in [6.45, 7) is 8.84. The molecule has 0 aliphatic carbocycles. The maximum absolute atomic E-state index is 11.9. The van der Waals surface area contributed by atoms with Crippen LogP contribution in [-0.4, -0.2) is 23.0 Å². The van der Waals surface area contributed by atoms with E-state index < -0.39 is 0 Å². The van der Waals surface area contributed by atoms with Crippen molar-refractivity contribution in [3.8, 4) is 0 Å². The number of hydrogen-bond acceptors (Lipinski definition) is 3. The summed E-state index contributed by atoms with van der Waals surface area (Å²) in [5.41, 5.74) is 1.13. The second kappa shape index (κ2) is 5.66. The van der Waals surface area contributed by atoms with Crippen molar-refractivity contribution in [1.82, 2.24) is 10.3 Å². The number of nitrogens with zero attached hydrogens (tertiary/aromatic N) is 1. The molecule has 1 aromatic heterocycles. The van der Waals surface area contributed by atoms with E-state index in [0.29, 0.717) is 5.69 Å². The van der Waals surface area contributed by atoms with Crippen molar-refractivity contribution in [3.05, 3.63) is 24.0 Å². The van der Waals surface area contributed by atoms with Crippen molar-refractivity contribution in [2.24, 2.45) is 0 Å². The topological polar surface area (TPSA) is 54.0 Å². The normalized spacial score (nSPS) is 11.1. The van der Waals surface area contributed by atoms with Crippen LogP contribution in [0.4, 0.5) is 5.69 Å². The zero-order valence-electron chi connectivity index (χ0n) is 11.0. The molecule has 4 heteroatoms. The van der Waals surface area contributed by atoms with Crippen LogP contribution in [0.2, 0.25) is 0 Å². The highest BCUT2D eigenvalue weighted by Crippen LogP contribution is 2.09. The summed E-state index contributed by atoms with van der Waals surface area (Å²) >= 11 is 0. The largest absolute Gasteiger partial charge is 0.385 e. The fourth-order valence-electron chi connectivity index (χ4n) is 1.34. The molecular formula is C13H21N3O. The first-order valence-electron chi connectivity index (χ1n) is 5.95. The van der Waals surface area contributed by atoms with Gasteiger partial charge in [0.05, 0.1) is 0 Å². The molecule has 0 fully saturated rings. The predicted molar refractivity (Wildman–Crippen MR) is 70.2 cm³/mol. The third-order valence-corrected chi connectivity index (χ3v) is 2.06. The molecule has 0 saturated heterocycles. The Labute approximate surface area is 103 Å². The van der Waals surface area contributed by atoms with Crippen LogP contribution in [0.3, 0.4) is 0 Å². The molecule has 94 valence electrons. The molecule has 0 aromatic carbocycles. The van der Waals surface area contributed by atoms with Crippen molar-refractivity contribution in [2.75, 3.05) is 11.9 Å². The summed E-state index contributed by atoms with van der Waals surface area (Å²) < 4.78 is 0. The molecule has 0 aliphatic heterocycles. The average Bonchev–Trinajstić information content (AvgIpc) is 2.24. The van der Waals surface area contributed by atoms with Gasteiger partial charge in [-0.25, -0.2) is 0 Å². The Morgan fingerprint density at radius 1 is 1.41 bits per heavy atom. The van der Waals surface area contributed by atoms with Gasteiger partial charge >= 0.3 is 0 Å². The average molecular weight is 235 g/mol. The molecule has 0 unspecified atom stereocenters. The maximum Gasteiger partial charge on any atom is 0.270 e. The van der Waals surface area contributed by atoms with Gasteiger partial charge in [0.1, 0.15) is 5.69 Å². The third-order valence-electron chi connectivity index (χ3n) is 2.06. The minimum atomic E-state index is -0.244. The number of pyridine rings is 1. The zero-order chi connectivity index (χ0) is 12.9. The molecule has 0 bridgehead atoms. The Morgan fingerprint density at radius 3 is 2.71 bits per heavy atom. The van der Waals surface area contributed by atoms with Gasteiger partial charge in [-0.3, -0.25) is 9.78 Å². The molecule has 1 heterocycles. The van der Waals surface area contributed by atoms with Crippen molar-refractivity contribution in [3.63, 3.8) is 0 Å². The first-order valence-corrected chi connectivity index (χ1v) is 5.95. The van der Waals surface area contributed by atoms with Crippen LogP contribution < -0.4 is 10.6 Å². The standard InChI is InChI=1S/C13H21N3O/c1-5-7-14-10-6-8-15-11(9-10)12(17)16-13(2,3)4/h6,8-9H,5,7H2,1-4H3,(H,14,15)(H,16,17). The molecule has 0 spiro atoms. The number of aromatic nitrogens is 1. The van der Waals surface area contributed by atoms with Gasteiger partial charge in [0.15, 0.2) is 0 Å². The quantitative estimate of drug-likeness (QED) is 0.842. The lowest BCUT2D eigenvalue weighted by Crippen LogP contribution is -2.40. The number of nitrogens with one attached hydrogen (secondary N) is 2. The van der Waals surface area contributed by atoms with E-state index in [1.807, 2.05) is 26.8 Å². The van der Waals surface area contributed by atoms with Crippen molar-refractivity contribution < 1.29 is 4.79 Å². The Balaban J connectivity index is 2.74. The molecule has 1 aromatic rings. The zero-order valence-corrected chi connectivity index (χ0v) is 11.0. The van der Waals surface area contributed by atoms with E-state index in [1.165, 1.54) is 0 Å². The molecular weight excluding hydrogens is 214 g/mol. The monoisotopic (exact) mass is 235 g/mol. The minimum absolute atomic E-state index is 0.141. The van der Waals surface area contributed by atoms with E-state index in [0.717, 1.165) is 18.7 Å². The van der Waals surface area contributed by atoms with Crippen LogP contribution >= 0.6 is 0 Å². The van der Waals surface area contributed by atoms with Gasteiger partial charge in [0.25, 0.3) is 5.91 Å². The SMILES string of the molecule is CCCNc1ccnc(C(=O)NC(C)(C)C)c1. The smallest absolute Gasteiger partial charge is 0.270 e. The van der Waals surface area contributed by atoms with E-state index in [4.69, 9.17) is 0 Å². The predicted octanol–water partition coefficient (Wildman–Crippen LogP) is 2.43. The van der Waals surface area contributed by atoms with E-state index in [2.05, 4.69) is 22.5 Å². The maximum atomic E-state index is 11.9. The molecule has 4 nitrogen and oxygen atoms in total. The van der Waals surface area contributed by atoms with Crippen LogP contribution in [0.25, 0.3) is 0 Å². The summed E-state index contributed by atoms with van der Waals surface area (Å²) in [6, 6.07) is 3.64. The van der Waals surface area contributed by atoms with Gasteiger partial charge in [0, 0.05) is 24.0 Å². The molecule has 1 rings (SSSR count). The lowest BCUT2D eigenvalue weighted by molar-refractivity contribution is 0.0914. The Bertz CT molecular complexity index is 382. The summed E-state index contributed by atoms with van der Waals surface area (Å²) in [5.74, 6) is -0.141. The summed E-state index contributed by atoms with van der Waals surface area (Å²) in [5, 5.41) is 6.12. The van der Waals surface area contributed by atoms with Crippen LogP contribution in [0, 0.1) is 0 Å². The van der Waals surface area contributed by atoms with Gasteiger partial charge in [-0.1, -0.05) is 6.92 Å². The van der Waals surface area contributed by atoms with Gasteiger partial charge in [-0.15, -0.1) is 0 Å². The number of hydrogen-bond donors (Lipinski definition) is 2. The fourth-order valence-corrected chi connectivity index (χ4v) is 1.34. The highest BCUT2D eigenvalue weighted by atomic mass is 16.2. The fraction of sp³-hybridized carbons (Fsp3) is 0.538. The molecule has 1 amide bonds.